The van der Waals surface area contributed by atoms with E-state index in [9.17, 15) is 4.79 Å². The van der Waals surface area contributed by atoms with E-state index >= 15 is 0 Å². The molecule has 0 rings (SSSR count). The Kier molecular flexibility index (Phi) is 7.88. The van der Waals surface area contributed by atoms with Crippen molar-refractivity contribution in [2.24, 2.45) is 11.7 Å². The first-order chi connectivity index (χ1) is 6.99. The van der Waals surface area contributed by atoms with E-state index in [0.717, 1.165) is 25.1 Å². The van der Waals surface area contributed by atoms with Crippen LogP contribution in [0.4, 0.5) is 0 Å². The molecular formula is C11H24N2OS. The first kappa shape index (κ1) is 14.8. The van der Waals surface area contributed by atoms with Gasteiger partial charge in [-0.1, -0.05) is 13.8 Å². The zero-order chi connectivity index (χ0) is 11.8. The molecule has 2 N–H and O–H groups in total. The summed E-state index contributed by atoms with van der Waals surface area (Å²) in [7, 11) is 1.84. The third-order valence-electron chi connectivity index (χ3n) is 2.37. The van der Waals surface area contributed by atoms with Crippen LogP contribution in [0, 0.1) is 5.92 Å². The normalized spacial score (nSPS) is 12.9. The molecule has 0 saturated heterocycles. The van der Waals surface area contributed by atoms with E-state index in [1.165, 1.54) is 0 Å². The van der Waals surface area contributed by atoms with Crippen LogP contribution in [-0.2, 0) is 4.79 Å². The van der Waals surface area contributed by atoms with E-state index in [2.05, 4.69) is 13.8 Å². The molecule has 0 aromatic rings. The maximum Gasteiger partial charge on any atom is 0.239 e. The van der Waals surface area contributed by atoms with E-state index in [-0.39, 0.29) is 11.9 Å². The van der Waals surface area contributed by atoms with Crippen LogP contribution in [0.25, 0.3) is 0 Å². The zero-order valence-corrected chi connectivity index (χ0v) is 11.1. The largest absolute Gasteiger partial charge is 0.344 e. The van der Waals surface area contributed by atoms with Crippen molar-refractivity contribution in [3.05, 3.63) is 0 Å². The van der Waals surface area contributed by atoms with Gasteiger partial charge in [-0.05, 0) is 30.8 Å². The number of hydrogen-bond acceptors (Lipinski definition) is 3. The summed E-state index contributed by atoms with van der Waals surface area (Å²) in [6.45, 7) is 5.13. The van der Waals surface area contributed by atoms with Crippen molar-refractivity contribution in [1.82, 2.24) is 4.90 Å². The topological polar surface area (TPSA) is 46.3 Å². The highest BCUT2D eigenvalue weighted by Gasteiger charge is 2.17. The van der Waals surface area contributed by atoms with Gasteiger partial charge in [0.1, 0.15) is 0 Å². The maximum atomic E-state index is 11.8. The Hall–Kier alpha value is -0.220. The summed E-state index contributed by atoms with van der Waals surface area (Å²) in [6.07, 6.45) is 3.84. The van der Waals surface area contributed by atoms with Crippen LogP contribution in [0.2, 0.25) is 0 Å². The molecule has 0 aromatic heterocycles. The minimum absolute atomic E-state index is 0.0738. The standard InChI is InChI=1S/C11H24N2OS/c1-9(2)5-7-13(3)11(14)10(12)6-8-15-4/h9-10H,5-8,12H2,1-4H3/t10-/m0/s1. The van der Waals surface area contributed by atoms with Crippen LogP contribution < -0.4 is 5.73 Å². The average molecular weight is 232 g/mol. The fraction of sp³-hybridized carbons (Fsp3) is 0.909. The first-order valence-corrected chi connectivity index (χ1v) is 6.88. The van der Waals surface area contributed by atoms with Gasteiger partial charge in [-0.2, -0.15) is 11.8 Å². The molecule has 0 aliphatic heterocycles. The van der Waals surface area contributed by atoms with Gasteiger partial charge in [-0.15, -0.1) is 0 Å². The summed E-state index contributed by atoms with van der Waals surface area (Å²) in [5.74, 6) is 1.65. The summed E-state index contributed by atoms with van der Waals surface area (Å²) < 4.78 is 0. The van der Waals surface area contributed by atoms with Gasteiger partial charge in [0.05, 0.1) is 6.04 Å². The Bertz CT molecular complexity index is 185. The lowest BCUT2D eigenvalue weighted by Gasteiger charge is -2.21. The molecule has 0 spiro atoms. The quantitative estimate of drug-likeness (QED) is 0.725. The van der Waals surface area contributed by atoms with Gasteiger partial charge in [-0.25, -0.2) is 0 Å². The van der Waals surface area contributed by atoms with Gasteiger partial charge in [0.15, 0.2) is 0 Å². The lowest BCUT2D eigenvalue weighted by molar-refractivity contribution is -0.131. The fourth-order valence-corrected chi connectivity index (χ4v) is 1.70. The summed E-state index contributed by atoms with van der Waals surface area (Å²) in [6, 6.07) is -0.324. The Morgan fingerprint density at radius 1 is 1.40 bits per heavy atom. The summed E-state index contributed by atoms with van der Waals surface area (Å²) in [4.78, 5) is 13.5. The molecule has 0 unspecified atom stereocenters. The predicted molar refractivity (Wildman–Crippen MR) is 68.1 cm³/mol. The van der Waals surface area contributed by atoms with Gasteiger partial charge in [0.2, 0.25) is 5.91 Å². The van der Waals surface area contributed by atoms with Crippen LogP contribution in [-0.4, -0.2) is 42.4 Å². The Balaban J connectivity index is 3.85. The minimum atomic E-state index is -0.324. The molecule has 0 radical (unpaired) electrons. The molecule has 0 fully saturated rings. The molecule has 1 atom stereocenters. The molecule has 0 aliphatic carbocycles. The Labute approximate surface area is 97.8 Å². The number of nitrogens with two attached hydrogens (primary N) is 1. The van der Waals surface area contributed by atoms with E-state index in [0.29, 0.717) is 5.92 Å². The molecule has 0 aromatic carbocycles. The second-order valence-electron chi connectivity index (χ2n) is 4.33. The number of thioether (sulfide) groups is 1. The molecule has 90 valence electrons. The molecule has 0 heterocycles. The van der Waals surface area contributed by atoms with E-state index < -0.39 is 0 Å². The number of amides is 1. The molecule has 0 saturated carbocycles. The third-order valence-corrected chi connectivity index (χ3v) is 3.01. The zero-order valence-electron chi connectivity index (χ0n) is 10.3. The molecule has 4 heteroatoms. The Morgan fingerprint density at radius 2 is 2.00 bits per heavy atom. The van der Waals surface area contributed by atoms with Crippen molar-refractivity contribution >= 4 is 17.7 Å². The van der Waals surface area contributed by atoms with Crippen molar-refractivity contribution in [3.8, 4) is 0 Å². The van der Waals surface area contributed by atoms with Gasteiger partial charge in [0.25, 0.3) is 0 Å². The lowest BCUT2D eigenvalue weighted by Crippen LogP contribution is -2.42. The maximum absolute atomic E-state index is 11.8. The summed E-state index contributed by atoms with van der Waals surface area (Å²) in [5.41, 5.74) is 5.81. The molecule has 0 bridgehead atoms. The Morgan fingerprint density at radius 3 is 2.47 bits per heavy atom. The molecule has 15 heavy (non-hydrogen) atoms. The van der Waals surface area contributed by atoms with Crippen LogP contribution in [0.15, 0.2) is 0 Å². The number of hydrogen-bond donors (Lipinski definition) is 1. The van der Waals surface area contributed by atoms with Crippen molar-refractivity contribution in [2.45, 2.75) is 32.7 Å². The van der Waals surface area contributed by atoms with Crippen LogP contribution in [0.1, 0.15) is 26.7 Å². The van der Waals surface area contributed by atoms with Gasteiger partial charge in [-0.3, -0.25) is 4.79 Å². The smallest absolute Gasteiger partial charge is 0.239 e. The summed E-state index contributed by atoms with van der Waals surface area (Å²) in [5, 5.41) is 0. The second-order valence-corrected chi connectivity index (χ2v) is 5.32. The van der Waals surface area contributed by atoms with Crippen LogP contribution in [0.5, 0.6) is 0 Å². The molecular weight excluding hydrogens is 208 g/mol. The van der Waals surface area contributed by atoms with Crippen molar-refractivity contribution in [3.63, 3.8) is 0 Å². The monoisotopic (exact) mass is 232 g/mol. The highest BCUT2D eigenvalue weighted by Crippen LogP contribution is 2.04. The van der Waals surface area contributed by atoms with Crippen molar-refractivity contribution in [1.29, 1.82) is 0 Å². The van der Waals surface area contributed by atoms with E-state index in [1.807, 2.05) is 13.3 Å². The number of rotatable bonds is 7. The molecule has 3 nitrogen and oxygen atoms in total. The molecule has 0 aliphatic rings. The number of carbonyl (C=O) groups is 1. The third kappa shape index (κ3) is 6.79. The fourth-order valence-electron chi connectivity index (χ4n) is 1.21. The van der Waals surface area contributed by atoms with E-state index in [4.69, 9.17) is 5.73 Å². The lowest BCUT2D eigenvalue weighted by atomic mass is 10.1. The minimum Gasteiger partial charge on any atom is -0.344 e. The SMILES string of the molecule is CSCC[C@H](N)C(=O)N(C)CCC(C)C. The molecule has 1 amide bonds. The van der Waals surface area contributed by atoms with Gasteiger partial charge < -0.3 is 10.6 Å². The van der Waals surface area contributed by atoms with E-state index in [1.54, 1.807) is 16.7 Å². The second kappa shape index (κ2) is 7.99. The van der Waals surface area contributed by atoms with Gasteiger partial charge in [0, 0.05) is 13.6 Å². The van der Waals surface area contributed by atoms with Crippen LogP contribution in [0.3, 0.4) is 0 Å². The predicted octanol–water partition coefficient (Wildman–Crippen LogP) is 1.57. The number of carbonyl (C=O) groups excluding carboxylic acids is 1. The highest BCUT2D eigenvalue weighted by atomic mass is 32.2. The number of likely N-dealkylation sites (N-methyl/N-ethyl adjacent to an activating group) is 1. The number of nitrogens with zero attached hydrogens (tertiary/aromatic N) is 1. The van der Waals surface area contributed by atoms with Crippen molar-refractivity contribution in [2.75, 3.05) is 25.6 Å². The summed E-state index contributed by atoms with van der Waals surface area (Å²) >= 11 is 1.73. The highest BCUT2D eigenvalue weighted by molar-refractivity contribution is 7.98. The van der Waals surface area contributed by atoms with Crippen LogP contribution >= 0.6 is 11.8 Å². The first-order valence-electron chi connectivity index (χ1n) is 5.48. The average Bonchev–Trinajstić information content (AvgIpc) is 2.21. The van der Waals surface area contributed by atoms with Crippen molar-refractivity contribution < 1.29 is 4.79 Å². The van der Waals surface area contributed by atoms with Gasteiger partial charge >= 0.3 is 0 Å².